The first-order valence-corrected chi connectivity index (χ1v) is 8.94. The van der Waals surface area contributed by atoms with Gasteiger partial charge in [-0.25, -0.2) is 0 Å². The van der Waals surface area contributed by atoms with Crippen LogP contribution in [0.1, 0.15) is 30.4 Å². The molecule has 0 N–H and O–H groups in total. The Kier molecular flexibility index (Phi) is 5.72. The van der Waals surface area contributed by atoms with Crippen molar-refractivity contribution in [2.75, 3.05) is 27.7 Å². The van der Waals surface area contributed by atoms with E-state index in [1.54, 1.807) is 7.11 Å². The lowest BCUT2D eigenvalue weighted by Crippen LogP contribution is -2.18. The first kappa shape index (κ1) is 17.5. The van der Waals surface area contributed by atoms with Crippen LogP contribution in [0.2, 0.25) is 0 Å². The largest absolute Gasteiger partial charge is 0.497 e. The van der Waals surface area contributed by atoms with Crippen molar-refractivity contribution in [1.29, 1.82) is 0 Å². The van der Waals surface area contributed by atoms with Crippen LogP contribution in [0, 0.1) is 0 Å². The number of methoxy groups -OCH3 is 1. The number of allylic oxidation sites excluding steroid dienone is 2. The maximum atomic E-state index is 5.33. The van der Waals surface area contributed by atoms with E-state index in [4.69, 9.17) is 4.74 Å². The predicted octanol–water partition coefficient (Wildman–Crippen LogP) is 5.28. The molecule has 3 rings (SSSR count). The number of benzene rings is 2. The van der Waals surface area contributed by atoms with Gasteiger partial charge in [0.2, 0.25) is 0 Å². The maximum absolute atomic E-state index is 5.33. The molecule has 0 unspecified atom stereocenters. The van der Waals surface area contributed by atoms with Crippen LogP contribution in [-0.4, -0.2) is 32.6 Å². The van der Waals surface area contributed by atoms with Crippen LogP contribution in [0.3, 0.4) is 0 Å². The third-order valence-corrected chi connectivity index (χ3v) is 4.63. The first-order valence-electron chi connectivity index (χ1n) is 8.94. The van der Waals surface area contributed by atoms with E-state index in [-0.39, 0.29) is 0 Å². The second-order valence-electron chi connectivity index (χ2n) is 6.88. The highest BCUT2D eigenvalue weighted by molar-refractivity contribution is 5.87. The molecule has 1 aliphatic rings. The van der Waals surface area contributed by atoms with Crippen LogP contribution in [0.15, 0.2) is 65.7 Å². The average molecular weight is 333 g/mol. The van der Waals surface area contributed by atoms with Gasteiger partial charge < -0.3 is 9.64 Å². The minimum absolute atomic E-state index is 0.905. The van der Waals surface area contributed by atoms with E-state index < -0.39 is 0 Å². The molecule has 1 aliphatic carbocycles. The molecule has 130 valence electrons. The van der Waals surface area contributed by atoms with Crippen molar-refractivity contribution in [2.45, 2.75) is 19.3 Å². The van der Waals surface area contributed by atoms with Crippen LogP contribution in [0.4, 0.5) is 0 Å². The van der Waals surface area contributed by atoms with Crippen LogP contribution in [0.25, 0.3) is 11.6 Å². The van der Waals surface area contributed by atoms with Crippen LogP contribution < -0.4 is 4.74 Å². The number of hydrogen-bond acceptors (Lipinski definition) is 2. The molecule has 0 atom stereocenters. The van der Waals surface area contributed by atoms with Crippen LogP contribution >= 0.6 is 0 Å². The molecule has 25 heavy (non-hydrogen) atoms. The number of hydrogen-bond donors (Lipinski definition) is 0. The molecule has 0 radical (unpaired) electrons. The molecule has 0 bridgehead atoms. The van der Waals surface area contributed by atoms with Crippen LogP contribution in [-0.2, 0) is 0 Å². The minimum Gasteiger partial charge on any atom is -0.497 e. The molecule has 0 aromatic heterocycles. The van der Waals surface area contributed by atoms with E-state index in [0.29, 0.717) is 0 Å². The van der Waals surface area contributed by atoms with Gasteiger partial charge in [-0.05, 0) is 73.3 Å². The van der Waals surface area contributed by atoms with Crippen molar-refractivity contribution in [3.05, 3.63) is 76.9 Å². The average Bonchev–Trinajstić information content (AvgIpc) is 2.63. The Morgan fingerprint density at radius 2 is 1.68 bits per heavy atom. The molecule has 0 saturated heterocycles. The van der Waals surface area contributed by atoms with E-state index in [1.165, 1.54) is 40.7 Å². The monoisotopic (exact) mass is 333 g/mol. The summed E-state index contributed by atoms with van der Waals surface area (Å²) >= 11 is 0. The van der Waals surface area contributed by atoms with E-state index in [0.717, 1.165) is 18.7 Å². The van der Waals surface area contributed by atoms with Crippen molar-refractivity contribution in [3.63, 3.8) is 0 Å². The van der Waals surface area contributed by atoms with Gasteiger partial charge in [-0.3, -0.25) is 0 Å². The van der Waals surface area contributed by atoms with Gasteiger partial charge in [-0.1, -0.05) is 48.5 Å². The summed E-state index contributed by atoms with van der Waals surface area (Å²) in [5, 5.41) is 0. The third-order valence-electron chi connectivity index (χ3n) is 4.63. The summed E-state index contributed by atoms with van der Waals surface area (Å²) in [6.07, 6.45) is 5.88. The SMILES string of the molecule is COc1ccc(C2=C(CN(C)C)CCC/C2=C/c2ccccc2)cc1. The summed E-state index contributed by atoms with van der Waals surface area (Å²) in [6.45, 7) is 1.01. The Hall–Kier alpha value is -2.32. The zero-order valence-electron chi connectivity index (χ0n) is 15.5. The molecular weight excluding hydrogens is 306 g/mol. The van der Waals surface area contributed by atoms with Crippen LogP contribution in [0.5, 0.6) is 5.75 Å². The highest BCUT2D eigenvalue weighted by atomic mass is 16.5. The molecule has 2 aromatic carbocycles. The Balaban J connectivity index is 2.07. The van der Waals surface area contributed by atoms with Crippen molar-refractivity contribution >= 4 is 11.6 Å². The maximum Gasteiger partial charge on any atom is 0.118 e. The quantitative estimate of drug-likeness (QED) is 0.738. The Labute approximate surface area is 151 Å². The van der Waals surface area contributed by atoms with E-state index in [1.807, 2.05) is 0 Å². The zero-order valence-corrected chi connectivity index (χ0v) is 15.5. The minimum atomic E-state index is 0.905. The van der Waals surface area contributed by atoms with Gasteiger partial charge in [-0.2, -0.15) is 0 Å². The lowest BCUT2D eigenvalue weighted by molar-refractivity contribution is 0.414. The number of ether oxygens (including phenoxy) is 1. The molecule has 0 spiro atoms. The number of likely N-dealkylation sites (N-methyl/N-ethyl adjacent to an activating group) is 1. The Bertz CT molecular complexity index is 754. The van der Waals surface area contributed by atoms with E-state index >= 15 is 0 Å². The molecular formula is C23H27NO. The molecule has 0 saturated carbocycles. The summed E-state index contributed by atoms with van der Waals surface area (Å²) in [5.41, 5.74) is 6.96. The fourth-order valence-electron chi connectivity index (χ4n) is 3.55. The lowest BCUT2D eigenvalue weighted by Gasteiger charge is -2.26. The zero-order chi connectivity index (χ0) is 17.6. The molecule has 0 heterocycles. The van der Waals surface area contributed by atoms with E-state index in [2.05, 4.69) is 79.7 Å². The third kappa shape index (κ3) is 4.40. The summed E-state index contributed by atoms with van der Waals surface area (Å²) < 4.78 is 5.33. The van der Waals surface area contributed by atoms with Gasteiger partial charge >= 0.3 is 0 Å². The first-order chi connectivity index (χ1) is 12.2. The molecule has 0 amide bonds. The fourth-order valence-corrected chi connectivity index (χ4v) is 3.55. The molecule has 2 aromatic rings. The van der Waals surface area contributed by atoms with Gasteiger partial charge in [0.05, 0.1) is 7.11 Å². The van der Waals surface area contributed by atoms with E-state index in [9.17, 15) is 0 Å². The van der Waals surface area contributed by atoms with Crippen molar-refractivity contribution < 1.29 is 4.74 Å². The Morgan fingerprint density at radius 1 is 0.960 bits per heavy atom. The molecule has 0 fully saturated rings. The standard InChI is InChI=1S/C23H27NO/c1-24(2)17-21-11-7-10-20(16-18-8-5-4-6-9-18)23(21)19-12-14-22(25-3)15-13-19/h4-6,8-9,12-16H,7,10-11,17H2,1-3H3/b20-16-. The van der Waals surface area contributed by atoms with Gasteiger partial charge in [0.15, 0.2) is 0 Å². The Morgan fingerprint density at radius 3 is 2.32 bits per heavy atom. The topological polar surface area (TPSA) is 12.5 Å². The summed E-state index contributed by atoms with van der Waals surface area (Å²) in [6, 6.07) is 19.1. The van der Waals surface area contributed by atoms with Crippen molar-refractivity contribution in [3.8, 4) is 5.75 Å². The summed E-state index contributed by atoms with van der Waals surface area (Å²) in [4.78, 5) is 2.27. The van der Waals surface area contributed by atoms with Crippen molar-refractivity contribution in [2.24, 2.45) is 0 Å². The molecule has 2 nitrogen and oxygen atoms in total. The second-order valence-corrected chi connectivity index (χ2v) is 6.88. The highest BCUT2D eigenvalue weighted by Gasteiger charge is 2.19. The smallest absolute Gasteiger partial charge is 0.118 e. The molecule has 2 heteroatoms. The number of nitrogens with zero attached hydrogens (tertiary/aromatic N) is 1. The lowest BCUT2D eigenvalue weighted by atomic mass is 9.82. The van der Waals surface area contributed by atoms with Gasteiger partial charge in [-0.15, -0.1) is 0 Å². The second kappa shape index (κ2) is 8.17. The predicted molar refractivity (Wildman–Crippen MR) is 107 cm³/mol. The summed E-state index contributed by atoms with van der Waals surface area (Å²) in [5.74, 6) is 0.905. The van der Waals surface area contributed by atoms with Gasteiger partial charge in [0.1, 0.15) is 5.75 Å². The van der Waals surface area contributed by atoms with Crippen molar-refractivity contribution in [1.82, 2.24) is 4.90 Å². The summed E-state index contributed by atoms with van der Waals surface area (Å²) in [7, 11) is 6.01. The normalized spacial score (nSPS) is 16.6. The van der Waals surface area contributed by atoms with Gasteiger partial charge in [0.25, 0.3) is 0 Å². The number of rotatable bonds is 5. The fraction of sp³-hybridized carbons (Fsp3) is 0.304. The van der Waals surface area contributed by atoms with Gasteiger partial charge in [0, 0.05) is 6.54 Å². The highest BCUT2D eigenvalue weighted by Crippen LogP contribution is 2.38. The molecule has 0 aliphatic heterocycles.